The Morgan fingerprint density at radius 2 is 2.08 bits per heavy atom. The van der Waals surface area contributed by atoms with Gasteiger partial charge in [0, 0.05) is 10.0 Å². The van der Waals surface area contributed by atoms with E-state index in [0.717, 1.165) is 4.47 Å². The van der Waals surface area contributed by atoms with Crippen LogP contribution in [-0.2, 0) is 0 Å². The average Bonchev–Trinajstić information content (AvgIpc) is 1.94. The third kappa shape index (κ3) is 2.66. The second-order valence-electron chi connectivity index (χ2n) is 2.04. The van der Waals surface area contributed by atoms with E-state index in [1.165, 1.54) is 0 Å². The molecule has 0 aliphatic rings. The Morgan fingerprint density at radius 1 is 1.50 bits per heavy atom. The summed E-state index contributed by atoms with van der Waals surface area (Å²) < 4.78 is 0.756. The first-order chi connectivity index (χ1) is 5.11. The molecule has 0 bridgehead atoms. The molecule has 0 heterocycles. The molecule has 1 aromatic carbocycles. The summed E-state index contributed by atoms with van der Waals surface area (Å²) in [5, 5.41) is 7.74. The van der Waals surface area contributed by atoms with Gasteiger partial charge in [-0.2, -0.15) is 0 Å². The summed E-state index contributed by atoms with van der Waals surface area (Å²) in [5.41, 5.74) is 5.92. The minimum Gasteiger partial charge on any atom is -0.384 e. The predicted octanol–water partition coefficient (Wildman–Crippen LogP) is 2.81. The number of rotatable bonds is 1. The fourth-order valence-electron chi connectivity index (χ4n) is 0.664. The molecule has 66 valence electrons. The van der Waals surface area contributed by atoms with Gasteiger partial charge in [0.1, 0.15) is 5.84 Å². The molecular formula is C7H7BrCl2N2. The van der Waals surface area contributed by atoms with E-state index in [1.54, 1.807) is 18.2 Å². The second-order valence-corrected chi connectivity index (χ2v) is 3.30. The number of nitrogens with two attached hydrogens (primary N) is 1. The van der Waals surface area contributed by atoms with Crippen LogP contribution in [-0.4, -0.2) is 5.84 Å². The lowest BCUT2D eigenvalue weighted by Crippen LogP contribution is -2.10. The predicted molar refractivity (Wildman–Crippen MR) is 57.4 cm³/mol. The molecule has 12 heavy (non-hydrogen) atoms. The SMILES string of the molecule is Cl.N=C(N)c1ccc(Cl)c(Br)c1. The lowest BCUT2D eigenvalue weighted by Gasteiger charge is -1.99. The standard InChI is InChI=1S/C7H6BrClN2.ClH/c8-5-3-4(7(10)11)1-2-6(5)9;/h1-3H,(H3,10,11);1H. The second kappa shape index (κ2) is 4.70. The van der Waals surface area contributed by atoms with Crippen molar-refractivity contribution in [1.82, 2.24) is 0 Å². The molecule has 0 aromatic heterocycles. The van der Waals surface area contributed by atoms with Gasteiger partial charge in [0.05, 0.1) is 5.02 Å². The van der Waals surface area contributed by atoms with E-state index in [2.05, 4.69) is 15.9 Å². The van der Waals surface area contributed by atoms with E-state index in [-0.39, 0.29) is 18.2 Å². The molecule has 0 radical (unpaired) electrons. The quantitative estimate of drug-likeness (QED) is 0.598. The van der Waals surface area contributed by atoms with Crippen molar-refractivity contribution >= 4 is 45.8 Å². The summed E-state index contributed by atoms with van der Waals surface area (Å²) in [6.07, 6.45) is 0. The fraction of sp³-hybridized carbons (Fsp3) is 0. The van der Waals surface area contributed by atoms with Gasteiger partial charge in [0.25, 0.3) is 0 Å². The number of hydrogen-bond donors (Lipinski definition) is 2. The topological polar surface area (TPSA) is 49.9 Å². The molecule has 2 nitrogen and oxygen atoms in total. The third-order valence-corrected chi connectivity index (χ3v) is 2.44. The number of amidine groups is 1. The Bertz CT molecular complexity index is 301. The van der Waals surface area contributed by atoms with E-state index in [4.69, 9.17) is 22.7 Å². The summed E-state index contributed by atoms with van der Waals surface area (Å²) in [6.45, 7) is 0. The van der Waals surface area contributed by atoms with Crippen molar-refractivity contribution in [3.63, 3.8) is 0 Å². The molecule has 5 heteroatoms. The van der Waals surface area contributed by atoms with Crippen LogP contribution in [0.25, 0.3) is 0 Å². The van der Waals surface area contributed by atoms with Gasteiger partial charge < -0.3 is 5.73 Å². The summed E-state index contributed by atoms with van der Waals surface area (Å²) in [5.74, 6) is 0.0439. The van der Waals surface area contributed by atoms with Crippen molar-refractivity contribution in [3.8, 4) is 0 Å². The van der Waals surface area contributed by atoms with Crippen LogP contribution in [0.1, 0.15) is 5.56 Å². The van der Waals surface area contributed by atoms with E-state index >= 15 is 0 Å². The first-order valence-electron chi connectivity index (χ1n) is 2.90. The highest BCUT2D eigenvalue weighted by Crippen LogP contribution is 2.22. The normalized spacial score (nSPS) is 8.83. The Morgan fingerprint density at radius 3 is 2.50 bits per heavy atom. The number of nitrogens with one attached hydrogen (secondary N) is 1. The van der Waals surface area contributed by atoms with Gasteiger partial charge in [-0.3, -0.25) is 5.41 Å². The number of hydrogen-bond acceptors (Lipinski definition) is 1. The summed E-state index contributed by atoms with van der Waals surface area (Å²) >= 11 is 8.96. The minimum absolute atomic E-state index is 0. The van der Waals surface area contributed by atoms with Gasteiger partial charge in [-0.05, 0) is 34.1 Å². The molecule has 0 unspecified atom stereocenters. The van der Waals surface area contributed by atoms with E-state index in [0.29, 0.717) is 10.6 Å². The Labute approximate surface area is 90.1 Å². The summed E-state index contributed by atoms with van der Waals surface area (Å²) in [4.78, 5) is 0. The maximum Gasteiger partial charge on any atom is 0.122 e. The van der Waals surface area contributed by atoms with Crippen molar-refractivity contribution in [3.05, 3.63) is 33.3 Å². The third-order valence-electron chi connectivity index (χ3n) is 1.23. The van der Waals surface area contributed by atoms with Crippen molar-refractivity contribution in [2.24, 2.45) is 5.73 Å². The minimum atomic E-state index is 0. The van der Waals surface area contributed by atoms with Gasteiger partial charge in [-0.15, -0.1) is 12.4 Å². The zero-order valence-electron chi connectivity index (χ0n) is 5.97. The van der Waals surface area contributed by atoms with Crippen molar-refractivity contribution in [2.45, 2.75) is 0 Å². The van der Waals surface area contributed by atoms with Gasteiger partial charge >= 0.3 is 0 Å². The highest BCUT2D eigenvalue weighted by Gasteiger charge is 1.99. The molecule has 0 spiro atoms. The number of halogens is 3. The molecule has 1 aromatic rings. The highest BCUT2D eigenvalue weighted by molar-refractivity contribution is 9.10. The molecule has 0 saturated heterocycles. The maximum atomic E-state index is 7.12. The van der Waals surface area contributed by atoms with Crippen LogP contribution in [0.15, 0.2) is 22.7 Å². The van der Waals surface area contributed by atoms with Crippen LogP contribution in [0.3, 0.4) is 0 Å². The van der Waals surface area contributed by atoms with Crippen LogP contribution < -0.4 is 5.73 Å². The van der Waals surface area contributed by atoms with Gasteiger partial charge in [0.15, 0.2) is 0 Å². The highest BCUT2D eigenvalue weighted by atomic mass is 79.9. The van der Waals surface area contributed by atoms with Crippen LogP contribution in [0, 0.1) is 5.41 Å². The summed E-state index contributed by atoms with van der Waals surface area (Å²) in [6, 6.07) is 5.11. The average molecular weight is 270 g/mol. The molecule has 0 saturated carbocycles. The number of nitrogen functional groups attached to an aromatic ring is 1. The van der Waals surface area contributed by atoms with Crippen molar-refractivity contribution in [2.75, 3.05) is 0 Å². The Balaban J connectivity index is 0.00000121. The first kappa shape index (κ1) is 11.8. The Kier molecular flexibility index (Phi) is 4.60. The van der Waals surface area contributed by atoms with Crippen molar-refractivity contribution < 1.29 is 0 Å². The molecule has 0 aliphatic carbocycles. The van der Waals surface area contributed by atoms with Crippen LogP contribution in [0.2, 0.25) is 5.02 Å². The fourth-order valence-corrected chi connectivity index (χ4v) is 1.16. The van der Waals surface area contributed by atoms with Crippen LogP contribution >= 0.6 is 39.9 Å². The molecule has 0 aliphatic heterocycles. The number of benzene rings is 1. The molecule has 1 rings (SSSR count). The Hall–Kier alpha value is -0.250. The van der Waals surface area contributed by atoms with Crippen LogP contribution in [0.5, 0.6) is 0 Å². The summed E-state index contributed by atoms with van der Waals surface area (Å²) in [7, 11) is 0. The molecule has 0 atom stereocenters. The monoisotopic (exact) mass is 268 g/mol. The first-order valence-corrected chi connectivity index (χ1v) is 4.08. The molecule has 0 amide bonds. The van der Waals surface area contributed by atoms with Crippen molar-refractivity contribution in [1.29, 1.82) is 5.41 Å². The van der Waals surface area contributed by atoms with Gasteiger partial charge in [0.2, 0.25) is 0 Å². The van der Waals surface area contributed by atoms with E-state index < -0.39 is 0 Å². The maximum absolute atomic E-state index is 7.12. The molecule has 3 N–H and O–H groups in total. The zero-order valence-corrected chi connectivity index (χ0v) is 9.13. The van der Waals surface area contributed by atoms with Gasteiger partial charge in [-0.25, -0.2) is 0 Å². The molecular weight excluding hydrogens is 263 g/mol. The van der Waals surface area contributed by atoms with E-state index in [9.17, 15) is 0 Å². The lowest BCUT2D eigenvalue weighted by atomic mass is 10.2. The van der Waals surface area contributed by atoms with Gasteiger partial charge in [-0.1, -0.05) is 11.6 Å². The molecule has 0 fully saturated rings. The van der Waals surface area contributed by atoms with E-state index in [1.807, 2.05) is 0 Å². The van der Waals surface area contributed by atoms with Crippen LogP contribution in [0.4, 0.5) is 0 Å². The smallest absolute Gasteiger partial charge is 0.122 e. The largest absolute Gasteiger partial charge is 0.384 e. The lowest BCUT2D eigenvalue weighted by molar-refractivity contribution is 1.42. The zero-order chi connectivity index (χ0) is 8.43.